The molecule has 102 valence electrons. The van der Waals surface area contributed by atoms with Crippen LogP contribution in [0, 0.1) is 0 Å². The van der Waals surface area contributed by atoms with E-state index in [0.717, 1.165) is 5.56 Å². The number of nitrogens with two attached hydrogens (primary N) is 1. The van der Waals surface area contributed by atoms with E-state index in [2.05, 4.69) is 5.32 Å². The molecule has 1 aliphatic rings. The van der Waals surface area contributed by atoms with Crippen LogP contribution in [0.4, 0.5) is 0 Å². The number of carbonyl (C=O) groups excluding carboxylic acids is 2. The topological polar surface area (TPSA) is 75.4 Å². The molecule has 0 radical (unpaired) electrons. The molecular formula is C14H19N3O2. The van der Waals surface area contributed by atoms with Gasteiger partial charge in [0.2, 0.25) is 11.8 Å². The normalized spacial score (nSPS) is 19.3. The minimum atomic E-state index is -0.147. The van der Waals surface area contributed by atoms with Gasteiger partial charge in [0.1, 0.15) is 0 Å². The highest BCUT2D eigenvalue weighted by molar-refractivity contribution is 5.85. The summed E-state index contributed by atoms with van der Waals surface area (Å²) in [5.41, 5.74) is 6.84. The summed E-state index contributed by atoms with van der Waals surface area (Å²) in [7, 11) is 0. The van der Waals surface area contributed by atoms with Crippen molar-refractivity contribution in [1.82, 2.24) is 10.2 Å². The van der Waals surface area contributed by atoms with Crippen LogP contribution in [0.25, 0.3) is 0 Å². The number of nitrogens with one attached hydrogen (secondary N) is 1. The van der Waals surface area contributed by atoms with Gasteiger partial charge in [0.05, 0.1) is 6.54 Å². The molecule has 0 aliphatic carbocycles. The summed E-state index contributed by atoms with van der Waals surface area (Å²) in [5, 5.41) is 2.81. The second-order valence-electron chi connectivity index (χ2n) is 4.84. The lowest BCUT2D eigenvalue weighted by Crippen LogP contribution is -2.49. The van der Waals surface area contributed by atoms with Crippen LogP contribution in [0.5, 0.6) is 0 Å². The third kappa shape index (κ3) is 4.06. The molecule has 0 saturated carbocycles. The Labute approximate surface area is 112 Å². The zero-order valence-electron chi connectivity index (χ0n) is 10.8. The number of benzene rings is 1. The SMILES string of the molecule is NC1CCC(=O)N(CC(=O)NCc2ccccc2)C1. The van der Waals surface area contributed by atoms with Crippen molar-refractivity contribution in [3.63, 3.8) is 0 Å². The first kappa shape index (κ1) is 13.5. The number of hydrogen-bond acceptors (Lipinski definition) is 3. The summed E-state index contributed by atoms with van der Waals surface area (Å²) in [6.45, 7) is 1.05. The average Bonchev–Trinajstić information content (AvgIpc) is 2.42. The van der Waals surface area contributed by atoms with E-state index in [1.807, 2.05) is 30.3 Å². The summed E-state index contributed by atoms with van der Waals surface area (Å²) < 4.78 is 0. The molecule has 0 bridgehead atoms. The molecule has 2 rings (SSSR count). The minimum Gasteiger partial charge on any atom is -0.350 e. The van der Waals surface area contributed by atoms with E-state index in [9.17, 15) is 9.59 Å². The van der Waals surface area contributed by atoms with Crippen molar-refractivity contribution in [2.75, 3.05) is 13.1 Å². The average molecular weight is 261 g/mol. The number of piperidine rings is 1. The highest BCUT2D eigenvalue weighted by Crippen LogP contribution is 2.09. The maximum Gasteiger partial charge on any atom is 0.239 e. The Balaban J connectivity index is 1.79. The van der Waals surface area contributed by atoms with Crippen molar-refractivity contribution in [3.8, 4) is 0 Å². The predicted molar refractivity (Wildman–Crippen MR) is 72.1 cm³/mol. The molecular weight excluding hydrogens is 242 g/mol. The molecule has 2 amide bonds. The quantitative estimate of drug-likeness (QED) is 0.816. The number of likely N-dealkylation sites (tertiary alicyclic amines) is 1. The zero-order valence-corrected chi connectivity index (χ0v) is 10.8. The van der Waals surface area contributed by atoms with Gasteiger partial charge in [0.25, 0.3) is 0 Å². The Morgan fingerprint density at radius 2 is 2.11 bits per heavy atom. The molecule has 1 atom stereocenters. The standard InChI is InChI=1S/C14H19N3O2/c15-12-6-7-14(19)17(9-12)10-13(18)16-8-11-4-2-1-3-5-11/h1-5,12H,6-10,15H2,(H,16,18). The lowest BCUT2D eigenvalue weighted by molar-refractivity contribution is -0.138. The Morgan fingerprint density at radius 1 is 1.37 bits per heavy atom. The predicted octanol–water partition coefficient (Wildman–Crippen LogP) is 0.253. The van der Waals surface area contributed by atoms with Gasteiger partial charge < -0.3 is 16.0 Å². The minimum absolute atomic E-state index is 0.0107. The highest BCUT2D eigenvalue weighted by Gasteiger charge is 2.24. The molecule has 1 aliphatic heterocycles. The largest absolute Gasteiger partial charge is 0.350 e. The van der Waals surface area contributed by atoms with Crippen LogP contribution in [-0.2, 0) is 16.1 Å². The Hall–Kier alpha value is -1.88. The maximum absolute atomic E-state index is 11.8. The summed E-state index contributed by atoms with van der Waals surface area (Å²) in [6, 6.07) is 9.66. The fourth-order valence-electron chi connectivity index (χ4n) is 2.12. The number of hydrogen-bond donors (Lipinski definition) is 2. The van der Waals surface area contributed by atoms with E-state index in [1.165, 1.54) is 4.90 Å². The molecule has 0 aromatic heterocycles. The Kier molecular flexibility index (Phi) is 4.52. The molecule has 1 aromatic rings. The van der Waals surface area contributed by atoms with Gasteiger partial charge in [-0.15, -0.1) is 0 Å². The third-order valence-electron chi connectivity index (χ3n) is 3.20. The number of carbonyl (C=O) groups is 2. The molecule has 1 unspecified atom stereocenters. The van der Waals surface area contributed by atoms with Crippen LogP contribution in [0.2, 0.25) is 0 Å². The number of amides is 2. The van der Waals surface area contributed by atoms with Crippen LogP contribution in [0.1, 0.15) is 18.4 Å². The van der Waals surface area contributed by atoms with E-state index in [1.54, 1.807) is 0 Å². The summed E-state index contributed by atoms with van der Waals surface area (Å²) >= 11 is 0. The molecule has 1 fully saturated rings. The van der Waals surface area contributed by atoms with Crippen molar-refractivity contribution in [3.05, 3.63) is 35.9 Å². The highest BCUT2D eigenvalue weighted by atomic mass is 16.2. The molecule has 19 heavy (non-hydrogen) atoms. The van der Waals surface area contributed by atoms with Gasteiger partial charge in [-0.3, -0.25) is 9.59 Å². The van der Waals surface area contributed by atoms with Gasteiger partial charge in [0.15, 0.2) is 0 Å². The molecule has 1 aromatic carbocycles. The van der Waals surface area contributed by atoms with Crippen LogP contribution in [0.15, 0.2) is 30.3 Å². The second kappa shape index (κ2) is 6.33. The van der Waals surface area contributed by atoms with E-state index < -0.39 is 0 Å². The molecule has 5 nitrogen and oxygen atoms in total. The van der Waals surface area contributed by atoms with Gasteiger partial charge >= 0.3 is 0 Å². The molecule has 5 heteroatoms. The lowest BCUT2D eigenvalue weighted by atomic mass is 10.1. The van der Waals surface area contributed by atoms with Gasteiger partial charge in [-0.05, 0) is 12.0 Å². The van der Waals surface area contributed by atoms with Crippen molar-refractivity contribution in [2.45, 2.75) is 25.4 Å². The van der Waals surface area contributed by atoms with E-state index in [0.29, 0.717) is 25.9 Å². The van der Waals surface area contributed by atoms with Crippen LogP contribution in [0.3, 0.4) is 0 Å². The van der Waals surface area contributed by atoms with Crippen LogP contribution >= 0.6 is 0 Å². The van der Waals surface area contributed by atoms with Crippen molar-refractivity contribution >= 4 is 11.8 Å². The fourth-order valence-corrected chi connectivity index (χ4v) is 2.12. The van der Waals surface area contributed by atoms with Crippen molar-refractivity contribution in [1.29, 1.82) is 0 Å². The lowest BCUT2D eigenvalue weighted by Gasteiger charge is -2.30. The summed E-state index contributed by atoms with van der Waals surface area (Å²) in [5.74, 6) is -0.136. The first-order chi connectivity index (χ1) is 9.15. The van der Waals surface area contributed by atoms with Crippen LogP contribution in [-0.4, -0.2) is 35.8 Å². The van der Waals surface area contributed by atoms with E-state index in [-0.39, 0.29) is 24.4 Å². The Bertz CT molecular complexity index is 447. The second-order valence-corrected chi connectivity index (χ2v) is 4.84. The monoisotopic (exact) mass is 261 g/mol. The summed E-state index contributed by atoms with van der Waals surface area (Å²) in [6.07, 6.45) is 1.15. The molecule has 1 heterocycles. The Morgan fingerprint density at radius 3 is 2.84 bits per heavy atom. The van der Waals surface area contributed by atoms with Gasteiger partial charge in [-0.1, -0.05) is 30.3 Å². The van der Waals surface area contributed by atoms with Gasteiger partial charge in [-0.25, -0.2) is 0 Å². The van der Waals surface area contributed by atoms with E-state index >= 15 is 0 Å². The van der Waals surface area contributed by atoms with Crippen LogP contribution < -0.4 is 11.1 Å². The molecule has 1 saturated heterocycles. The molecule has 3 N–H and O–H groups in total. The maximum atomic E-state index is 11.8. The first-order valence-corrected chi connectivity index (χ1v) is 6.49. The molecule has 0 spiro atoms. The number of rotatable bonds is 4. The number of nitrogens with zero attached hydrogens (tertiary/aromatic N) is 1. The fraction of sp³-hybridized carbons (Fsp3) is 0.429. The first-order valence-electron chi connectivity index (χ1n) is 6.49. The summed E-state index contributed by atoms with van der Waals surface area (Å²) in [4.78, 5) is 25.0. The van der Waals surface area contributed by atoms with E-state index in [4.69, 9.17) is 5.73 Å². The van der Waals surface area contributed by atoms with Gasteiger partial charge in [-0.2, -0.15) is 0 Å². The van der Waals surface area contributed by atoms with Crippen molar-refractivity contribution < 1.29 is 9.59 Å². The van der Waals surface area contributed by atoms with Crippen molar-refractivity contribution in [2.24, 2.45) is 5.73 Å². The third-order valence-corrected chi connectivity index (χ3v) is 3.20. The van der Waals surface area contributed by atoms with Gasteiger partial charge in [0, 0.05) is 25.6 Å². The zero-order chi connectivity index (χ0) is 13.7. The smallest absolute Gasteiger partial charge is 0.239 e.